The third kappa shape index (κ3) is 3.14. The fraction of sp³-hybridized carbons (Fsp3) is 0.0526. The van der Waals surface area contributed by atoms with Gasteiger partial charge in [0, 0.05) is 10.6 Å². The highest BCUT2D eigenvalue weighted by Crippen LogP contribution is 2.27. The van der Waals surface area contributed by atoms with Crippen molar-refractivity contribution in [3.05, 3.63) is 75.4 Å². The molecular formula is C19H14ClN3O2. The van der Waals surface area contributed by atoms with Crippen LogP contribution in [0.15, 0.2) is 62.7 Å². The topological polar surface area (TPSA) is 74.2 Å². The van der Waals surface area contributed by atoms with Gasteiger partial charge in [0.2, 0.25) is 0 Å². The highest BCUT2D eigenvalue weighted by atomic mass is 35.5. The van der Waals surface area contributed by atoms with Crippen molar-refractivity contribution in [3.63, 3.8) is 0 Å². The number of aromatic amines is 2. The number of H-pyrrole nitrogens is 2. The Balaban J connectivity index is 1.59. The van der Waals surface area contributed by atoms with E-state index in [0.29, 0.717) is 16.3 Å². The van der Waals surface area contributed by atoms with Gasteiger partial charge in [-0.25, -0.2) is 4.79 Å². The number of rotatable bonds is 3. The van der Waals surface area contributed by atoms with Crippen LogP contribution in [0.4, 0.5) is 5.69 Å². The predicted molar refractivity (Wildman–Crippen MR) is 100 cm³/mol. The van der Waals surface area contributed by atoms with Gasteiger partial charge in [-0.15, -0.1) is 0 Å². The molecule has 2 N–H and O–H groups in total. The molecule has 0 atom stereocenters. The maximum Gasteiger partial charge on any atom is 0.323 e. The lowest BCUT2D eigenvalue weighted by Crippen LogP contribution is -1.99. The first-order chi connectivity index (χ1) is 12.1. The predicted octanol–water partition coefficient (Wildman–Crippen LogP) is 4.83. The summed E-state index contributed by atoms with van der Waals surface area (Å²) in [6.45, 7) is 1.96. The van der Waals surface area contributed by atoms with E-state index < -0.39 is 0 Å². The molecule has 4 rings (SSSR count). The molecule has 4 aromatic rings. The first-order valence-electron chi connectivity index (χ1n) is 7.71. The second-order valence-corrected chi connectivity index (χ2v) is 6.14. The van der Waals surface area contributed by atoms with Crippen molar-refractivity contribution >= 4 is 34.5 Å². The highest BCUT2D eigenvalue weighted by molar-refractivity contribution is 6.31. The summed E-state index contributed by atoms with van der Waals surface area (Å²) in [5, 5.41) is 0.706. The van der Waals surface area contributed by atoms with Gasteiger partial charge >= 0.3 is 5.69 Å². The molecule has 2 aromatic heterocycles. The number of aryl methyl sites for hydroxylation is 1. The average Bonchev–Trinajstić information content (AvgIpc) is 3.20. The first kappa shape index (κ1) is 15.5. The number of imidazole rings is 1. The Labute approximate surface area is 148 Å². The molecule has 0 aliphatic rings. The molecule has 124 valence electrons. The molecule has 2 heterocycles. The fourth-order valence-electron chi connectivity index (χ4n) is 2.56. The SMILES string of the molecule is Cc1ccc(-c2ccc(C=Nc3ccc4[nH]c(=O)[nH]c4c3)o2)cc1Cl. The maximum absolute atomic E-state index is 11.3. The quantitative estimate of drug-likeness (QED) is 0.519. The lowest BCUT2D eigenvalue weighted by molar-refractivity contribution is 0.575. The van der Waals surface area contributed by atoms with Gasteiger partial charge in [-0.3, -0.25) is 4.99 Å². The fourth-order valence-corrected chi connectivity index (χ4v) is 2.74. The van der Waals surface area contributed by atoms with Crippen LogP contribution < -0.4 is 5.69 Å². The minimum absolute atomic E-state index is 0.233. The van der Waals surface area contributed by atoms with Gasteiger partial charge in [0.25, 0.3) is 0 Å². The molecule has 0 fully saturated rings. The van der Waals surface area contributed by atoms with Crippen molar-refractivity contribution in [3.8, 4) is 11.3 Å². The standard InChI is InChI=1S/C19H14ClN3O2/c1-11-2-3-12(8-15(11)20)18-7-5-14(25-18)10-21-13-4-6-16-17(9-13)23-19(24)22-16/h2-10H,1H3,(H2,22,23,24). The lowest BCUT2D eigenvalue weighted by atomic mass is 10.1. The summed E-state index contributed by atoms with van der Waals surface area (Å²) in [5.41, 5.74) is 3.90. The second kappa shape index (κ2) is 6.11. The molecule has 0 saturated carbocycles. The first-order valence-corrected chi connectivity index (χ1v) is 8.09. The number of hydrogen-bond acceptors (Lipinski definition) is 3. The van der Waals surface area contributed by atoms with Gasteiger partial charge < -0.3 is 14.4 Å². The van der Waals surface area contributed by atoms with Crippen LogP contribution in [-0.4, -0.2) is 16.2 Å². The van der Waals surface area contributed by atoms with Crippen LogP contribution in [0.3, 0.4) is 0 Å². The molecular weight excluding hydrogens is 338 g/mol. The Kier molecular flexibility index (Phi) is 3.78. The third-order valence-electron chi connectivity index (χ3n) is 3.92. The van der Waals surface area contributed by atoms with Crippen molar-refractivity contribution in [2.24, 2.45) is 4.99 Å². The minimum atomic E-state index is -0.233. The summed E-state index contributed by atoms with van der Waals surface area (Å²) in [6, 6.07) is 15.0. The summed E-state index contributed by atoms with van der Waals surface area (Å²) in [4.78, 5) is 21.1. The molecule has 0 aliphatic heterocycles. The second-order valence-electron chi connectivity index (χ2n) is 5.73. The van der Waals surface area contributed by atoms with E-state index in [9.17, 15) is 4.79 Å². The number of benzene rings is 2. The van der Waals surface area contributed by atoms with E-state index in [1.54, 1.807) is 12.3 Å². The summed E-state index contributed by atoms with van der Waals surface area (Å²) in [6.07, 6.45) is 1.64. The Hall–Kier alpha value is -3.05. The van der Waals surface area contributed by atoms with Gasteiger partial charge in [0.1, 0.15) is 11.5 Å². The smallest absolute Gasteiger partial charge is 0.323 e. The van der Waals surface area contributed by atoms with Gasteiger partial charge in [0.05, 0.1) is 22.9 Å². The summed E-state index contributed by atoms with van der Waals surface area (Å²) in [5.74, 6) is 1.36. The number of aromatic nitrogens is 2. The molecule has 6 heteroatoms. The number of aliphatic imine (C=N–C) groups is 1. The van der Waals surface area contributed by atoms with E-state index in [1.165, 1.54) is 0 Å². The van der Waals surface area contributed by atoms with E-state index in [4.69, 9.17) is 16.0 Å². The van der Waals surface area contributed by atoms with Crippen molar-refractivity contribution in [1.29, 1.82) is 0 Å². The Morgan fingerprint density at radius 3 is 2.72 bits per heavy atom. The summed E-state index contributed by atoms with van der Waals surface area (Å²) in [7, 11) is 0. The van der Waals surface area contributed by atoms with E-state index in [-0.39, 0.29) is 5.69 Å². The largest absolute Gasteiger partial charge is 0.455 e. The van der Waals surface area contributed by atoms with Crippen molar-refractivity contribution in [2.75, 3.05) is 0 Å². The van der Waals surface area contributed by atoms with Gasteiger partial charge in [-0.2, -0.15) is 0 Å². The Morgan fingerprint density at radius 1 is 1.04 bits per heavy atom. The number of halogens is 1. The monoisotopic (exact) mass is 351 g/mol. The number of nitrogens with zero attached hydrogens (tertiary/aromatic N) is 1. The van der Waals surface area contributed by atoms with Crippen LogP contribution in [0, 0.1) is 6.92 Å². The normalized spacial score (nSPS) is 11.6. The van der Waals surface area contributed by atoms with E-state index in [0.717, 1.165) is 28.1 Å². The van der Waals surface area contributed by atoms with Crippen LogP contribution in [0.5, 0.6) is 0 Å². The average molecular weight is 352 g/mol. The maximum atomic E-state index is 11.3. The molecule has 0 amide bonds. The molecule has 2 aromatic carbocycles. The molecule has 0 bridgehead atoms. The van der Waals surface area contributed by atoms with E-state index in [1.807, 2.05) is 49.4 Å². The number of fused-ring (bicyclic) bond motifs is 1. The Bertz CT molecular complexity index is 1150. The van der Waals surface area contributed by atoms with Crippen molar-refractivity contribution in [2.45, 2.75) is 6.92 Å². The van der Waals surface area contributed by atoms with Gasteiger partial charge in [-0.1, -0.05) is 23.7 Å². The van der Waals surface area contributed by atoms with Crippen LogP contribution >= 0.6 is 11.6 Å². The van der Waals surface area contributed by atoms with Crippen molar-refractivity contribution in [1.82, 2.24) is 9.97 Å². The minimum Gasteiger partial charge on any atom is -0.455 e. The van der Waals surface area contributed by atoms with Gasteiger partial charge in [-0.05, 0) is 48.9 Å². The van der Waals surface area contributed by atoms with Crippen LogP contribution in [0.25, 0.3) is 22.4 Å². The van der Waals surface area contributed by atoms with Crippen molar-refractivity contribution < 1.29 is 4.42 Å². The van der Waals surface area contributed by atoms with Crippen LogP contribution in [-0.2, 0) is 0 Å². The molecule has 5 nitrogen and oxygen atoms in total. The zero-order valence-electron chi connectivity index (χ0n) is 13.3. The molecule has 0 radical (unpaired) electrons. The van der Waals surface area contributed by atoms with E-state index >= 15 is 0 Å². The molecule has 0 aliphatic carbocycles. The third-order valence-corrected chi connectivity index (χ3v) is 4.33. The zero-order chi connectivity index (χ0) is 17.4. The molecule has 25 heavy (non-hydrogen) atoms. The highest BCUT2D eigenvalue weighted by Gasteiger charge is 2.06. The van der Waals surface area contributed by atoms with Crippen LogP contribution in [0.2, 0.25) is 5.02 Å². The lowest BCUT2D eigenvalue weighted by Gasteiger charge is -2.00. The number of hydrogen-bond donors (Lipinski definition) is 2. The Morgan fingerprint density at radius 2 is 1.88 bits per heavy atom. The number of nitrogens with one attached hydrogen (secondary N) is 2. The van der Waals surface area contributed by atoms with Crippen LogP contribution in [0.1, 0.15) is 11.3 Å². The zero-order valence-corrected chi connectivity index (χ0v) is 14.1. The number of furan rings is 1. The summed E-state index contributed by atoms with van der Waals surface area (Å²) < 4.78 is 5.81. The summed E-state index contributed by atoms with van der Waals surface area (Å²) >= 11 is 6.17. The molecule has 0 unspecified atom stereocenters. The van der Waals surface area contributed by atoms with E-state index in [2.05, 4.69) is 15.0 Å². The van der Waals surface area contributed by atoms with Gasteiger partial charge in [0.15, 0.2) is 0 Å². The molecule has 0 spiro atoms. The molecule has 0 saturated heterocycles.